The van der Waals surface area contributed by atoms with Gasteiger partial charge < -0.3 is 15.0 Å². The highest BCUT2D eigenvalue weighted by atomic mass is 32.2. The molecule has 1 saturated heterocycles. The summed E-state index contributed by atoms with van der Waals surface area (Å²) < 4.78 is 32.7. The lowest BCUT2D eigenvalue weighted by Crippen LogP contribution is -2.35. The summed E-state index contributed by atoms with van der Waals surface area (Å²) >= 11 is 0. The number of amides is 1. The first-order valence-corrected chi connectivity index (χ1v) is 10.9. The first-order chi connectivity index (χ1) is 12.8. The van der Waals surface area contributed by atoms with Crippen molar-refractivity contribution in [3.8, 4) is 5.75 Å². The van der Waals surface area contributed by atoms with E-state index in [4.69, 9.17) is 4.74 Å². The van der Waals surface area contributed by atoms with Crippen LogP contribution in [0, 0.1) is 0 Å². The van der Waals surface area contributed by atoms with Crippen LogP contribution < -0.4 is 10.1 Å². The van der Waals surface area contributed by atoms with Gasteiger partial charge in [-0.05, 0) is 57.1 Å². The first-order valence-electron chi connectivity index (χ1n) is 9.43. The first kappa shape index (κ1) is 21.7. The maximum absolute atomic E-state index is 12.9. The molecule has 0 spiro atoms. The number of hydrogen-bond donors (Lipinski definition) is 1. The van der Waals surface area contributed by atoms with E-state index in [9.17, 15) is 13.2 Å². The van der Waals surface area contributed by atoms with Crippen LogP contribution in [0.25, 0.3) is 0 Å². The van der Waals surface area contributed by atoms with Crippen molar-refractivity contribution in [1.82, 2.24) is 14.5 Å². The molecular weight excluding hydrogens is 366 g/mol. The van der Waals surface area contributed by atoms with Crippen LogP contribution in [0.2, 0.25) is 0 Å². The average molecular weight is 398 g/mol. The van der Waals surface area contributed by atoms with E-state index in [2.05, 4.69) is 5.32 Å². The maximum Gasteiger partial charge on any atom is 0.243 e. The highest BCUT2D eigenvalue weighted by Gasteiger charge is 2.26. The number of piperidine rings is 1. The van der Waals surface area contributed by atoms with Gasteiger partial charge in [0.2, 0.25) is 15.9 Å². The number of carbonyl (C=O) groups is 1. The van der Waals surface area contributed by atoms with Crippen LogP contribution in [-0.4, -0.2) is 70.9 Å². The Morgan fingerprint density at radius 2 is 1.93 bits per heavy atom. The molecule has 0 aliphatic carbocycles. The number of rotatable bonds is 9. The predicted molar refractivity (Wildman–Crippen MR) is 105 cm³/mol. The molecule has 27 heavy (non-hydrogen) atoms. The predicted octanol–water partition coefficient (Wildman–Crippen LogP) is 1.48. The molecule has 1 fully saturated rings. The van der Waals surface area contributed by atoms with Crippen molar-refractivity contribution in [2.24, 2.45) is 0 Å². The fourth-order valence-corrected chi connectivity index (χ4v) is 4.69. The van der Waals surface area contributed by atoms with Crippen molar-refractivity contribution < 1.29 is 17.9 Å². The highest BCUT2D eigenvalue weighted by molar-refractivity contribution is 7.89. The zero-order chi connectivity index (χ0) is 19.9. The number of ether oxygens (including phenoxy) is 1. The number of hydrogen-bond acceptors (Lipinski definition) is 5. The third-order valence-corrected chi connectivity index (χ3v) is 6.60. The lowest BCUT2D eigenvalue weighted by Gasteiger charge is -2.26. The fourth-order valence-electron chi connectivity index (χ4n) is 3.12. The van der Waals surface area contributed by atoms with Crippen molar-refractivity contribution in [1.29, 1.82) is 0 Å². The van der Waals surface area contributed by atoms with E-state index < -0.39 is 10.0 Å². The Hall–Kier alpha value is -1.64. The number of aryl methyl sites for hydroxylation is 1. The molecule has 0 unspecified atom stereocenters. The zero-order valence-corrected chi connectivity index (χ0v) is 17.3. The largest absolute Gasteiger partial charge is 0.496 e. The number of nitrogens with zero attached hydrogens (tertiary/aromatic N) is 2. The van der Waals surface area contributed by atoms with E-state index in [1.807, 2.05) is 19.0 Å². The second-order valence-corrected chi connectivity index (χ2v) is 9.03. The molecule has 0 radical (unpaired) electrons. The van der Waals surface area contributed by atoms with Gasteiger partial charge in [-0.2, -0.15) is 4.31 Å². The summed E-state index contributed by atoms with van der Waals surface area (Å²) in [5.74, 6) is 0.553. The van der Waals surface area contributed by atoms with Gasteiger partial charge >= 0.3 is 0 Å². The SMILES string of the molecule is COc1ccc(S(=O)(=O)N2CCCCC2)cc1CCC(=O)NCCN(C)C. The van der Waals surface area contributed by atoms with E-state index in [0.29, 0.717) is 31.8 Å². The van der Waals surface area contributed by atoms with Crippen LogP contribution in [0.1, 0.15) is 31.2 Å². The molecule has 1 aromatic carbocycles. The topological polar surface area (TPSA) is 79.0 Å². The third kappa shape index (κ3) is 6.19. The standard InChI is InChI=1S/C19H31N3O4S/c1-21(2)14-11-20-19(23)10-7-16-15-17(8-9-18(16)26-3)27(24,25)22-12-5-4-6-13-22/h8-9,15H,4-7,10-14H2,1-3H3,(H,20,23). The summed E-state index contributed by atoms with van der Waals surface area (Å²) in [6, 6.07) is 4.91. The van der Waals surface area contributed by atoms with Crippen LogP contribution in [0.15, 0.2) is 23.1 Å². The summed E-state index contributed by atoms with van der Waals surface area (Å²) in [5, 5.41) is 2.87. The maximum atomic E-state index is 12.9. The molecule has 8 heteroatoms. The number of nitrogens with one attached hydrogen (secondary N) is 1. The van der Waals surface area contributed by atoms with Crippen molar-refractivity contribution in [2.75, 3.05) is 47.4 Å². The molecule has 1 aromatic rings. The van der Waals surface area contributed by atoms with E-state index in [1.165, 1.54) is 0 Å². The Morgan fingerprint density at radius 1 is 1.22 bits per heavy atom. The van der Waals surface area contributed by atoms with Crippen LogP contribution in [-0.2, 0) is 21.2 Å². The number of sulfonamides is 1. The minimum atomic E-state index is -3.50. The molecule has 0 saturated carbocycles. The Bertz CT molecular complexity index is 728. The van der Waals surface area contributed by atoms with E-state index in [-0.39, 0.29) is 17.2 Å². The van der Waals surface area contributed by atoms with Crippen LogP contribution >= 0.6 is 0 Å². The number of methoxy groups -OCH3 is 1. The third-order valence-electron chi connectivity index (χ3n) is 4.71. The molecule has 1 aliphatic heterocycles. The van der Waals surface area contributed by atoms with Crippen LogP contribution in [0.4, 0.5) is 0 Å². The summed E-state index contributed by atoms with van der Waals surface area (Å²) in [7, 11) is 1.95. The summed E-state index contributed by atoms with van der Waals surface area (Å²) in [5.41, 5.74) is 0.735. The zero-order valence-electron chi connectivity index (χ0n) is 16.5. The molecule has 1 aliphatic rings. The summed E-state index contributed by atoms with van der Waals surface area (Å²) in [6.45, 7) is 2.50. The quantitative estimate of drug-likeness (QED) is 0.683. The van der Waals surface area contributed by atoms with Crippen molar-refractivity contribution in [3.05, 3.63) is 23.8 Å². The average Bonchev–Trinajstić information content (AvgIpc) is 2.66. The molecule has 1 amide bonds. The molecule has 152 valence electrons. The molecule has 7 nitrogen and oxygen atoms in total. The molecule has 0 atom stereocenters. The van der Waals surface area contributed by atoms with Crippen molar-refractivity contribution >= 4 is 15.9 Å². The number of likely N-dealkylation sites (N-methyl/N-ethyl adjacent to an activating group) is 1. The molecule has 0 aromatic heterocycles. The van der Waals surface area contributed by atoms with Gasteiger partial charge in [-0.15, -0.1) is 0 Å². The fraction of sp³-hybridized carbons (Fsp3) is 0.632. The van der Waals surface area contributed by atoms with E-state index >= 15 is 0 Å². The molecule has 1 heterocycles. The molecular formula is C19H31N3O4S. The Balaban J connectivity index is 2.07. The minimum absolute atomic E-state index is 0.0526. The van der Waals surface area contributed by atoms with Crippen molar-refractivity contribution in [3.63, 3.8) is 0 Å². The van der Waals surface area contributed by atoms with Gasteiger partial charge in [-0.1, -0.05) is 6.42 Å². The van der Waals surface area contributed by atoms with Gasteiger partial charge in [0.1, 0.15) is 5.75 Å². The van der Waals surface area contributed by atoms with Crippen LogP contribution in [0.3, 0.4) is 0 Å². The van der Waals surface area contributed by atoms with Gasteiger partial charge in [-0.25, -0.2) is 8.42 Å². The van der Waals surface area contributed by atoms with Gasteiger partial charge in [0.15, 0.2) is 0 Å². The number of carbonyl (C=O) groups excluding carboxylic acids is 1. The second kappa shape index (κ2) is 10.1. The molecule has 0 bridgehead atoms. The molecule has 2 rings (SSSR count). The monoisotopic (exact) mass is 397 g/mol. The second-order valence-electron chi connectivity index (χ2n) is 7.09. The lowest BCUT2D eigenvalue weighted by atomic mass is 10.1. The van der Waals surface area contributed by atoms with E-state index in [0.717, 1.165) is 31.4 Å². The Morgan fingerprint density at radius 3 is 2.56 bits per heavy atom. The summed E-state index contributed by atoms with van der Waals surface area (Å²) in [6.07, 6.45) is 3.59. The Labute approximate surface area is 162 Å². The van der Waals surface area contributed by atoms with Gasteiger partial charge in [0.05, 0.1) is 12.0 Å². The summed E-state index contributed by atoms with van der Waals surface area (Å²) in [4.78, 5) is 14.3. The van der Waals surface area contributed by atoms with Crippen LogP contribution in [0.5, 0.6) is 5.75 Å². The van der Waals surface area contributed by atoms with Gasteiger partial charge in [-0.3, -0.25) is 4.79 Å². The smallest absolute Gasteiger partial charge is 0.243 e. The van der Waals surface area contributed by atoms with E-state index in [1.54, 1.807) is 29.6 Å². The van der Waals surface area contributed by atoms with Gasteiger partial charge in [0.25, 0.3) is 0 Å². The lowest BCUT2D eigenvalue weighted by molar-refractivity contribution is -0.121. The normalized spacial score (nSPS) is 15.7. The minimum Gasteiger partial charge on any atom is -0.496 e. The van der Waals surface area contributed by atoms with Crippen molar-refractivity contribution in [2.45, 2.75) is 37.0 Å². The number of benzene rings is 1. The Kier molecular flexibility index (Phi) is 8.07. The highest BCUT2D eigenvalue weighted by Crippen LogP contribution is 2.27. The van der Waals surface area contributed by atoms with Gasteiger partial charge in [0, 0.05) is 32.6 Å². The molecule has 1 N–H and O–H groups in total.